The molecule has 3 heteroatoms. The van der Waals surface area contributed by atoms with Crippen molar-refractivity contribution in [3.63, 3.8) is 0 Å². The first-order valence-corrected chi connectivity index (χ1v) is 9.85. The maximum absolute atomic E-state index is 12.3. The molecule has 1 aromatic rings. The van der Waals surface area contributed by atoms with Gasteiger partial charge in [-0.1, -0.05) is 65.0 Å². The second-order valence-electron chi connectivity index (χ2n) is 7.31. The maximum atomic E-state index is 12.3. The highest BCUT2D eigenvalue weighted by Crippen LogP contribution is 2.15. The highest BCUT2D eigenvalue weighted by Gasteiger charge is 2.16. The van der Waals surface area contributed by atoms with Crippen LogP contribution in [0.4, 0.5) is 0 Å². The summed E-state index contributed by atoms with van der Waals surface area (Å²) in [6.45, 7) is 7.15. The third-order valence-corrected chi connectivity index (χ3v) is 4.41. The average Bonchev–Trinajstić information content (AvgIpc) is 2.58. The van der Waals surface area contributed by atoms with E-state index in [-0.39, 0.29) is 12.1 Å². The van der Waals surface area contributed by atoms with E-state index in [1.54, 1.807) is 7.11 Å². The van der Waals surface area contributed by atoms with E-state index in [9.17, 15) is 4.79 Å². The number of methoxy groups -OCH3 is 1. The Morgan fingerprint density at radius 2 is 1.64 bits per heavy atom. The molecule has 1 atom stereocenters. The van der Waals surface area contributed by atoms with Gasteiger partial charge in [0.2, 0.25) is 0 Å². The highest BCUT2D eigenvalue weighted by molar-refractivity contribution is 5.89. The number of ether oxygens (including phenoxy) is 2. The Labute approximate surface area is 154 Å². The van der Waals surface area contributed by atoms with Crippen LogP contribution < -0.4 is 0 Å². The summed E-state index contributed by atoms with van der Waals surface area (Å²) < 4.78 is 10.9. The van der Waals surface area contributed by atoms with Gasteiger partial charge in [-0.2, -0.15) is 0 Å². The molecular weight excluding hydrogens is 312 g/mol. The zero-order valence-electron chi connectivity index (χ0n) is 16.6. The molecule has 0 saturated carbocycles. The third-order valence-electron chi connectivity index (χ3n) is 4.41. The largest absolute Gasteiger partial charge is 0.456 e. The summed E-state index contributed by atoms with van der Waals surface area (Å²) >= 11 is 0. The van der Waals surface area contributed by atoms with Crippen LogP contribution in [-0.2, 0) is 15.9 Å². The van der Waals surface area contributed by atoms with Gasteiger partial charge >= 0.3 is 5.97 Å². The van der Waals surface area contributed by atoms with E-state index in [1.165, 1.54) is 31.2 Å². The molecule has 0 aliphatic carbocycles. The first-order chi connectivity index (χ1) is 12.1. The van der Waals surface area contributed by atoms with Gasteiger partial charge in [-0.05, 0) is 42.9 Å². The first kappa shape index (κ1) is 21.7. The summed E-state index contributed by atoms with van der Waals surface area (Å²) in [6.07, 6.45) is 8.97. The summed E-state index contributed by atoms with van der Waals surface area (Å²) in [5, 5.41) is 0. The Bertz CT molecular complexity index is 465. The lowest BCUT2D eigenvalue weighted by atomic mass is 10.0. The molecule has 1 rings (SSSR count). The van der Waals surface area contributed by atoms with Crippen molar-refractivity contribution >= 4 is 5.97 Å². The maximum Gasteiger partial charge on any atom is 0.338 e. The van der Waals surface area contributed by atoms with Crippen LogP contribution in [0, 0.1) is 5.92 Å². The molecule has 0 spiro atoms. The topological polar surface area (TPSA) is 35.5 Å². The standard InChI is InChI=1S/C22H36O3/c1-5-10-19-13-15-20(16-14-19)22(23)25-21(17-24-4)12-9-7-6-8-11-18(2)3/h13-16,18,21H,5-12,17H2,1-4H3. The van der Waals surface area contributed by atoms with Crippen molar-refractivity contribution < 1.29 is 14.3 Å². The molecule has 0 aliphatic heterocycles. The van der Waals surface area contributed by atoms with Gasteiger partial charge in [0.15, 0.2) is 0 Å². The predicted molar refractivity (Wildman–Crippen MR) is 104 cm³/mol. The molecule has 1 aromatic carbocycles. The average molecular weight is 349 g/mol. The monoisotopic (exact) mass is 348 g/mol. The van der Waals surface area contributed by atoms with E-state index in [1.807, 2.05) is 24.3 Å². The van der Waals surface area contributed by atoms with Gasteiger partial charge in [0.1, 0.15) is 6.10 Å². The molecule has 0 radical (unpaired) electrons. The molecule has 3 nitrogen and oxygen atoms in total. The number of benzene rings is 1. The molecule has 0 aromatic heterocycles. The molecule has 142 valence electrons. The van der Waals surface area contributed by atoms with Crippen molar-refractivity contribution in [2.45, 2.75) is 78.2 Å². The van der Waals surface area contributed by atoms with Crippen LogP contribution in [0.1, 0.15) is 81.6 Å². The minimum Gasteiger partial charge on any atom is -0.456 e. The number of unbranched alkanes of at least 4 members (excludes halogenated alkanes) is 3. The van der Waals surface area contributed by atoms with E-state index in [2.05, 4.69) is 20.8 Å². The summed E-state index contributed by atoms with van der Waals surface area (Å²) in [6, 6.07) is 7.76. The van der Waals surface area contributed by atoms with E-state index >= 15 is 0 Å². The van der Waals surface area contributed by atoms with Crippen molar-refractivity contribution in [3.05, 3.63) is 35.4 Å². The van der Waals surface area contributed by atoms with Crippen molar-refractivity contribution in [2.24, 2.45) is 5.92 Å². The lowest BCUT2D eigenvalue weighted by Crippen LogP contribution is -2.23. The van der Waals surface area contributed by atoms with Crippen LogP contribution in [0.25, 0.3) is 0 Å². The number of esters is 1. The molecule has 0 fully saturated rings. The Balaban J connectivity index is 2.38. The highest BCUT2D eigenvalue weighted by atomic mass is 16.6. The van der Waals surface area contributed by atoms with Crippen molar-refractivity contribution in [1.82, 2.24) is 0 Å². The van der Waals surface area contributed by atoms with Crippen LogP contribution >= 0.6 is 0 Å². The minimum atomic E-state index is -0.245. The second-order valence-corrected chi connectivity index (χ2v) is 7.31. The molecule has 0 amide bonds. The fraction of sp³-hybridized carbons (Fsp3) is 0.682. The zero-order valence-corrected chi connectivity index (χ0v) is 16.6. The number of carbonyl (C=O) groups excluding carboxylic acids is 1. The van der Waals surface area contributed by atoms with E-state index in [0.717, 1.165) is 31.6 Å². The first-order valence-electron chi connectivity index (χ1n) is 9.85. The van der Waals surface area contributed by atoms with Crippen LogP contribution in [-0.4, -0.2) is 25.8 Å². The zero-order chi connectivity index (χ0) is 18.5. The molecule has 25 heavy (non-hydrogen) atoms. The molecule has 0 bridgehead atoms. The SMILES string of the molecule is CCCc1ccc(C(=O)OC(CCCCCCC(C)C)COC)cc1. The normalized spacial score (nSPS) is 12.4. The number of hydrogen-bond acceptors (Lipinski definition) is 3. The van der Waals surface area contributed by atoms with Gasteiger partial charge in [0, 0.05) is 7.11 Å². The summed E-state index contributed by atoms with van der Waals surface area (Å²) in [7, 11) is 1.66. The molecule has 0 saturated heterocycles. The Morgan fingerprint density at radius 3 is 2.20 bits per heavy atom. The van der Waals surface area contributed by atoms with E-state index in [4.69, 9.17) is 9.47 Å². The van der Waals surface area contributed by atoms with Crippen LogP contribution in [0.5, 0.6) is 0 Å². The number of rotatable bonds is 13. The molecule has 0 aliphatic rings. The quantitative estimate of drug-likeness (QED) is 0.333. The minimum absolute atomic E-state index is 0.155. The van der Waals surface area contributed by atoms with Crippen LogP contribution in [0.3, 0.4) is 0 Å². The molecule has 1 unspecified atom stereocenters. The smallest absolute Gasteiger partial charge is 0.338 e. The van der Waals surface area contributed by atoms with Gasteiger partial charge in [-0.3, -0.25) is 0 Å². The fourth-order valence-electron chi connectivity index (χ4n) is 2.96. The van der Waals surface area contributed by atoms with Gasteiger partial charge in [0.25, 0.3) is 0 Å². The third kappa shape index (κ3) is 9.64. The predicted octanol–water partition coefficient (Wildman–Crippen LogP) is 5.81. The van der Waals surface area contributed by atoms with E-state index < -0.39 is 0 Å². The fourth-order valence-corrected chi connectivity index (χ4v) is 2.96. The Hall–Kier alpha value is -1.35. The van der Waals surface area contributed by atoms with Crippen LogP contribution in [0.15, 0.2) is 24.3 Å². The second kappa shape index (κ2) is 12.9. The number of hydrogen-bond donors (Lipinski definition) is 0. The van der Waals surface area contributed by atoms with Gasteiger partial charge in [0.05, 0.1) is 12.2 Å². The van der Waals surface area contributed by atoms with E-state index in [0.29, 0.717) is 12.2 Å². The Morgan fingerprint density at radius 1 is 1.00 bits per heavy atom. The summed E-state index contributed by atoms with van der Waals surface area (Å²) in [5.41, 5.74) is 1.88. The van der Waals surface area contributed by atoms with Gasteiger partial charge < -0.3 is 9.47 Å². The Kier molecular flexibility index (Phi) is 11.2. The molecular formula is C22H36O3. The van der Waals surface area contributed by atoms with Gasteiger partial charge in [-0.15, -0.1) is 0 Å². The van der Waals surface area contributed by atoms with Crippen molar-refractivity contribution in [2.75, 3.05) is 13.7 Å². The van der Waals surface area contributed by atoms with Crippen molar-refractivity contribution in [1.29, 1.82) is 0 Å². The lowest BCUT2D eigenvalue weighted by Gasteiger charge is -2.17. The number of aryl methyl sites for hydroxylation is 1. The number of carbonyl (C=O) groups is 1. The summed E-state index contributed by atoms with van der Waals surface area (Å²) in [4.78, 5) is 12.3. The molecule has 0 N–H and O–H groups in total. The van der Waals surface area contributed by atoms with Gasteiger partial charge in [-0.25, -0.2) is 4.79 Å². The lowest BCUT2D eigenvalue weighted by molar-refractivity contribution is 0.00237. The van der Waals surface area contributed by atoms with Crippen LogP contribution in [0.2, 0.25) is 0 Å². The molecule has 0 heterocycles. The summed E-state index contributed by atoms with van der Waals surface area (Å²) in [5.74, 6) is 0.538. The van der Waals surface area contributed by atoms with Crippen molar-refractivity contribution in [3.8, 4) is 0 Å².